The van der Waals surface area contributed by atoms with E-state index in [4.69, 9.17) is 23.8 Å². The van der Waals surface area contributed by atoms with E-state index in [-0.39, 0.29) is 5.92 Å². The fourth-order valence-electron chi connectivity index (χ4n) is 2.00. The van der Waals surface area contributed by atoms with E-state index < -0.39 is 0 Å². The molecule has 0 amide bonds. The lowest BCUT2D eigenvalue weighted by atomic mass is 9.92. The maximum atomic E-state index is 9.46. The van der Waals surface area contributed by atoms with Gasteiger partial charge in [-0.05, 0) is 35.5 Å². The summed E-state index contributed by atoms with van der Waals surface area (Å²) >= 11 is 11.4. The average Bonchev–Trinajstić information content (AvgIpc) is 2.51. The largest absolute Gasteiger partial charge is 0.366 e. The van der Waals surface area contributed by atoms with Crippen molar-refractivity contribution in [3.8, 4) is 6.07 Å². The molecular weight excluding hydrogens is 302 g/mol. The minimum absolute atomic E-state index is 0.385. The molecule has 0 aliphatic rings. The minimum atomic E-state index is -0.385. The summed E-state index contributed by atoms with van der Waals surface area (Å²) in [5.41, 5.74) is 2.49. The zero-order valence-electron chi connectivity index (χ0n) is 11.4. The lowest BCUT2D eigenvalue weighted by molar-refractivity contribution is 1.04. The van der Waals surface area contributed by atoms with Crippen LogP contribution in [0.25, 0.3) is 0 Å². The van der Waals surface area contributed by atoms with E-state index in [1.165, 1.54) is 0 Å². The molecule has 0 aromatic heterocycles. The molecule has 21 heavy (non-hydrogen) atoms. The molecule has 2 aromatic carbocycles. The molecular formula is C16H14ClN3S. The van der Waals surface area contributed by atoms with Crippen molar-refractivity contribution in [3.05, 3.63) is 64.7 Å². The summed E-state index contributed by atoms with van der Waals surface area (Å²) in [6.45, 7) is 0. The van der Waals surface area contributed by atoms with E-state index in [0.717, 1.165) is 16.8 Å². The van der Waals surface area contributed by atoms with Crippen LogP contribution < -0.4 is 10.6 Å². The standard InChI is InChI=1S/C16H14ClN3S/c1-19-16(21)20-12-7-8-13(15(17)9-12)14(10-18)11-5-3-2-4-6-11/h2-9,14H,1H3,(H2,19,20,21)/t14-/m1/s1. The smallest absolute Gasteiger partial charge is 0.170 e. The van der Waals surface area contributed by atoms with E-state index >= 15 is 0 Å². The van der Waals surface area contributed by atoms with E-state index in [2.05, 4.69) is 16.7 Å². The molecule has 0 fully saturated rings. The molecule has 2 rings (SSSR count). The van der Waals surface area contributed by atoms with Crippen LogP contribution in [0.5, 0.6) is 0 Å². The van der Waals surface area contributed by atoms with Gasteiger partial charge in [-0.3, -0.25) is 0 Å². The van der Waals surface area contributed by atoms with Crippen LogP contribution in [0.15, 0.2) is 48.5 Å². The third-order valence-electron chi connectivity index (χ3n) is 3.06. The quantitative estimate of drug-likeness (QED) is 0.843. The Labute approximate surface area is 134 Å². The normalized spacial score (nSPS) is 11.3. The van der Waals surface area contributed by atoms with Crippen LogP contribution in [0.1, 0.15) is 17.0 Å². The van der Waals surface area contributed by atoms with E-state index in [9.17, 15) is 5.26 Å². The fourth-order valence-corrected chi connectivity index (χ4v) is 2.41. The monoisotopic (exact) mass is 315 g/mol. The van der Waals surface area contributed by atoms with Crippen molar-refractivity contribution in [1.29, 1.82) is 5.26 Å². The molecule has 0 aliphatic heterocycles. The summed E-state index contributed by atoms with van der Waals surface area (Å²) in [5, 5.41) is 16.3. The summed E-state index contributed by atoms with van der Waals surface area (Å²) in [6.07, 6.45) is 0. The number of hydrogen-bond acceptors (Lipinski definition) is 2. The molecule has 0 bridgehead atoms. The SMILES string of the molecule is CNC(=S)Nc1ccc([C@H](C#N)c2ccccc2)c(Cl)c1. The van der Waals surface area contributed by atoms with Crippen molar-refractivity contribution in [2.45, 2.75) is 5.92 Å². The van der Waals surface area contributed by atoms with E-state index in [1.54, 1.807) is 13.1 Å². The number of halogens is 1. The summed E-state index contributed by atoms with van der Waals surface area (Å²) in [5.74, 6) is -0.385. The molecule has 3 nitrogen and oxygen atoms in total. The van der Waals surface area contributed by atoms with Crippen LogP contribution in [0, 0.1) is 11.3 Å². The lowest BCUT2D eigenvalue weighted by Gasteiger charge is -2.14. The number of nitrogens with one attached hydrogen (secondary N) is 2. The third-order valence-corrected chi connectivity index (χ3v) is 3.69. The molecule has 0 aliphatic carbocycles. The number of nitriles is 1. The summed E-state index contributed by atoms with van der Waals surface area (Å²) < 4.78 is 0. The van der Waals surface area contributed by atoms with Gasteiger partial charge in [0.15, 0.2) is 5.11 Å². The highest BCUT2D eigenvalue weighted by Gasteiger charge is 2.16. The van der Waals surface area contributed by atoms with Crippen molar-refractivity contribution in [2.24, 2.45) is 0 Å². The van der Waals surface area contributed by atoms with Crippen molar-refractivity contribution < 1.29 is 0 Å². The van der Waals surface area contributed by atoms with Gasteiger partial charge in [0.1, 0.15) is 0 Å². The van der Waals surface area contributed by atoms with Gasteiger partial charge in [-0.1, -0.05) is 48.0 Å². The molecule has 0 spiro atoms. The van der Waals surface area contributed by atoms with Crippen LogP contribution in [0.3, 0.4) is 0 Å². The van der Waals surface area contributed by atoms with Gasteiger partial charge in [0, 0.05) is 17.8 Å². The number of rotatable bonds is 3. The second-order valence-corrected chi connectivity index (χ2v) is 5.23. The second-order valence-electron chi connectivity index (χ2n) is 4.41. The van der Waals surface area contributed by atoms with Crippen LogP contribution in [-0.2, 0) is 0 Å². The van der Waals surface area contributed by atoms with Gasteiger partial charge in [0.25, 0.3) is 0 Å². The zero-order valence-corrected chi connectivity index (χ0v) is 13.0. The Kier molecular flexibility index (Phi) is 5.15. The maximum Gasteiger partial charge on any atom is 0.170 e. The Morgan fingerprint density at radius 2 is 1.95 bits per heavy atom. The van der Waals surface area contributed by atoms with Gasteiger partial charge in [-0.2, -0.15) is 5.26 Å². The predicted octanol–water partition coefficient (Wildman–Crippen LogP) is 3.91. The van der Waals surface area contributed by atoms with Crippen LogP contribution in [-0.4, -0.2) is 12.2 Å². The van der Waals surface area contributed by atoms with Crippen LogP contribution in [0.4, 0.5) is 5.69 Å². The van der Waals surface area contributed by atoms with Gasteiger partial charge in [0.05, 0.1) is 12.0 Å². The van der Waals surface area contributed by atoms with E-state index in [0.29, 0.717) is 10.1 Å². The molecule has 0 radical (unpaired) electrons. The van der Waals surface area contributed by atoms with Crippen molar-refractivity contribution in [1.82, 2.24) is 5.32 Å². The first-order valence-corrected chi connectivity index (χ1v) is 7.17. The zero-order chi connectivity index (χ0) is 15.2. The first kappa shape index (κ1) is 15.3. The molecule has 5 heteroatoms. The topological polar surface area (TPSA) is 47.8 Å². The maximum absolute atomic E-state index is 9.46. The van der Waals surface area contributed by atoms with Gasteiger partial charge >= 0.3 is 0 Å². The number of hydrogen-bond donors (Lipinski definition) is 2. The average molecular weight is 316 g/mol. The van der Waals surface area contributed by atoms with Crippen molar-refractivity contribution in [3.63, 3.8) is 0 Å². The fraction of sp³-hybridized carbons (Fsp3) is 0.125. The predicted molar refractivity (Wildman–Crippen MR) is 90.6 cm³/mol. The highest BCUT2D eigenvalue weighted by molar-refractivity contribution is 7.80. The van der Waals surface area contributed by atoms with Gasteiger partial charge in [0.2, 0.25) is 0 Å². The lowest BCUT2D eigenvalue weighted by Crippen LogP contribution is -2.24. The van der Waals surface area contributed by atoms with Crippen LogP contribution >= 0.6 is 23.8 Å². The van der Waals surface area contributed by atoms with Crippen LogP contribution in [0.2, 0.25) is 5.02 Å². The highest BCUT2D eigenvalue weighted by Crippen LogP contribution is 2.31. The molecule has 0 saturated carbocycles. The van der Waals surface area contributed by atoms with Gasteiger partial charge < -0.3 is 10.6 Å². The number of nitrogens with zero attached hydrogens (tertiary/aromatic N) is 1. The Hall–Kier alpha value is -2.09. The molecule has 1 atom stereocenters. The Balaban J connectivity index is 2.32. The number of thiocarbonyl (C=S) groups is 1. The number of benzene rings is 2. The summed E-state index contributed by atoms with van der Waals surface area (Å²) in [6, 6.07) is 17.4. The first-order valence-electron chi connectivity index (χ1n) is 6.38. The molecule has 0 saturated heterocycles. The van der Waals surface area contributed by atoms with E-state index in [1.807, 2.05) is 42.5 Å². The minimum Gasteiger partial charge on any atom is -0.366 e. The Morgan fingerprint density at radius 3 is 2.52 bits per heavy atom. The molecule has 0 heterocycles. The molecule has 2 N–H and O–H groups in total. The third kappa shape index (κ3) is 3.72. The molecule has 2 aromatic rings. The van der Waals surface area contributed by atoms with Crippen molar-refractivity contribution in [2.75, 3.05) is 12.4 Å². The van der Waals surface area contributed by atoms with Crippen molar-refractivity contribution >= 4 is 34.6 Å². The summed E-state index contributed by atoms with van der Waals surface area (Å²) in [7, 11) is 1.74. The van der Waals surface area contributed by atoms with Gasteiger partial charge in [-0.25, -0.2) is 0 Å². The number of anilines is 1. The molecule has 0 unspecified atom stereocenters. The second kappa shape index (κ2) is 7.07. The molecule has 106 valence electrons. The highest BCUT2D eigenvalue weighted by atomic mass is 35.5. The van der Waals surface area contributed by atoms with Gasteiger partial charge in [-0.15, -0.1) is 0 Å². The summed E-state index contributed by atoms with van der Waals surface area (Å²) in [4.78, 5) is 0. The first-order chi connectivity index (χ1) is 10.2. The Bertz CT molecular complexity index is 680. The Morgan fingerprint density at radius 1 is 1.24 bits per heavy atom.